The van der Waals surface area contributed by atoms with E-state index in [4.69, 9.17) is 9.47 Å². The van der Waals surface area contributed by atoms with Crippen LogP contribution in [0.25, 0.3) is 0 Å². The second kappa shape index (κ2) is 11.1. The summed E-state index contributed by atoms with van der Waals surface area (Å²) < 4.78 is 53.6. The maximum atomic E-state index is 14.0. The SMILES string of the molecule is COc1ccc(CC[N+]23CCC(CC2)[C@@H](OC(=O)N(Cc2ccc(F)c(F)c2)c2cccc(F)c2)C3)cc1. The molecule has 5 nitrogen and oxygen atoms in total. The minimum Gasteiger partial charge on any atom is -0.497 e. The molecular formula is C30H32F3N2O3+. The summed E-state index contributed by atoms with van der Waals surface area (Å²) in [5, 5.41) is 0. The van der Waals surface area contributed by atoms with Crippen molar-refractivity contribution < 1.29 is 31.9 Å². The molecule has 0 unspecified atom stereocenters. The Bertz CT molecular complexity index is 1280. The maximum Gasteiger partial charge on any atom is 0.415 e. The van der Waals surface area contributed by atoms with Gasteiger partial charge in [-0.3, -0.25) is 4.90 Å². The first kappa shape index (κ1) is 26.1. The number of rotatable bonds is 8. The Morgan fingerprint density at radius 1 is 0.947 bits per heavy atom. The van der Waals surface area contributed by atoms with Crippen molar-refractivity contribution in [2.75, 3.05) is 38.2 Å². The van der Waals surface area contributed by atoms with Gasteiger partial charge in [0.25, 0.3) is 0 Å². The van der Waals surface area contributed by atoms with Crippen LogP contribution in [0.3, 0.4) is 0 Å². The second-order valence-corrected chi connectivity index (χ2v) is 10.4. The van der Waals surface area contributed by atoms with E-state index in [1.807, 2.05) is 12.1 Å². The quantitative estimate of drug-likeness (QED) is 0.333. The number of hydrogen-bond donors (Lipinski definition) is 0. The molecular weight excluding hydrogens is 493 g/mol. The standard InChI is InChI=1S/C30H32F3N2O3/c1-37-26-8-5-21(6-9-26)11-14-35-15-12-23(13-16-35)29(20-35)38-30(36)34(25-4-2-3-24(31)18-25)19-22-7-10-27(32)28(33)17-22/h2-10,17-18,23,29H,11-16,19-20H2,1H3/q+1/t23?,29-,35?/m0/s1. The first-order valence-electron chi connectivity index (χ1n) is 13.0. The number of amides is 1. The molecule has 3 aliphatic rings. The molecule has 6 rings (SSSR count). The Hall–Kier alpha value is -3.52. The highest BCUT2D eigenvalue weighted by Crippen LogP contribution is 2.36. The molecule has 2 bridgehead atoms. The Morgan fingerprint density at radius 2 is 1.68 bits per heavy atom. The largest absolute Gasteiger partial charge is 0.497 e. The highest BCUT2D eigenvalue weighted by molar-refractivity contribution is 5.87. The fourth-order valence-electron chi connectivity index (χ4n) is 5.75. The van der Waals surface area contributed by atoms with Crippen LogP contribution in [-0.4, -0.2) is 50.0 Å². The fraction of sp³-hybridized carbons (Fsp3) is 0.367. The van der Waals surface area contributed by atoms with Crippen molar-refractivity contribution in [2.24, 2.45) is 5.92 Å². The lowest BCUT2D eigenvalue weighted by molar-refractivity contribution is -0.945. The third-order valence-electron chi connectivity index (χ3n) is 7.99. The summed E-state index contributed by atoms with van der Waals surface area (Å²) in [6, 6.07) is 17.2. The number of anilines is 1. The molecule has 0 N–H and O–H groups in total. The van der Waals surface area contributed by atoms with Gasteiger partial charge in [-0.2, -0.15) is 0 Å². The Balaban J connectivity index is 1.30. The van der Waals surface area contributed by atoms with E-state index in [9.17, 15) is 18.0 Å². The summed E-state index contributed by atoms with van der Waals surface area (Å²) in [6.07, 6.45) is 1.99. The van der Waals surface area contributed by atoms with Crippen molar-refractivity contribution in [3.8, 4) is 5.75 Å². The highest BCUT2D eigenvalue weighted by Gasteiger charge is 2.47. The van der Waals surface area contributed by atoms with E-state index in [1.165, 1.54) is 34.7 Å². The molecule has 0 aromatic heterocycles. The molecule has 3 aromatic rings. The summed E-state index contributed by atoms with van der Waals surface area (Å²) in [4.78, 5) is 14.8. The summed E-state index contributed by atoms with van der Waals surface area (Å²) in [5.74, 6) is -1.37. The Labute approximate surface area is 221 Å². The molecule has 0 radical (unpaired) electrons. The topological polar surface area (TPSA) is 38.8 Å². The molecule has 1 atom stereocenters. The van der Waals surface area contributed by atoms with Crippen LogP contribution in [0.1, 0.15) is 24.0 Å². The zero-order chi connectivity index (χ0) is 26.7. The van der Waals surface area contributed by atoms with Gasteiger partial charge >= 0.3 is 6.09 Å². The first-order chi connectivity index (χ1) is 18.3. The number of fused-ring (bicyclic) bond motifs is 3. The molecule has 0 aliphatic carbocycles. The van der Waals surface area contributed by atoms with Gasteiger partial charge in [0.15, 0.2) is 17.7 Å². The van der Waals surface area contributed by atoms with Gasteiger partial charge in [-0.15, -0.1) is 0 Å². The Kier molecular flexibility index (Phi) is 7.61. The molecule has 38 heavy (non-hydrogen) atoms. The molecule has 3 saturated heterocycles. The number of benzene rings is 3. The lowest BCUT2D eigenvalue weighted by Gasteiger charge is -2.52. The summed E-state index contributed by atoms with van der Waals surface area (Å²) in [6.45, 7) is 3.72. The smallest absolute Gasteiger partial charge is 0.415 e. The van der Waals surface area contributed by atoms with Crippen molar-refractivity contribution >= 4 is 11.8 Å². The summed E-state index contributed by atoms with van der Waals surface area (Å²) in [5.41, 5.74) is 1.91. The van der Waals surface area contributed by atoms with Crippen LogP contribution in [0.2, 0.25) is 0 Å². The molecule has 3 heterocycles. The number of carbonyl (C=O) groups excluding carboxylic acids is 1. The van der Waals surface area contributed by atoms with Crippen LogP contribution >= 0.6 is 0 Å². The third-order valence-corrected chi connectivity index (χ3v) is 7.99. The molecule has 0 spiro atoms. The lowest BCUT2D eigenvalue weighted by atomic mass is 9.83. The predicted octanol–water partition coefficient (Wildman–Crippen LogP) is 6.11. The summed E-state index contributed by atoms with van der Waals surface area (Å²) in [7, 11) is 1.65. The average molecular weight is 526 g/mol. The van der Waals surface area contributed by atoms with Crippen molar-refractivity contribution in [1.82, 2.24) is 0 Å². The number of quaternary nitrogens is 1. The van der Waals surface area contributed by atoms with Crippen molar-refractivity contribution in [1.29, 1.82) is 0 Å². The molecule has 200 valence electrons. The average Bonchev–Trinajstić information content (AvgIpc) is 2.93. The van der Waals surface area contributed by atoms with E-state index >= 15 is 0 Å². The van der Waals surface area contributed by atoms with Gasteiger partial charge in [-0.25, -0.2) is 18.0 Å². The zero-order valence-corrected chi connectivity index (χ0v) is 21.4. The number of ether oxygens (including phenoxy) is 2. The van der Waals surface area contributed by atoms with E-state index in [2.05, 4.69) is 12.1 Å². The van der Waals surface area contributed by atoms with E-state index < -0.39 is 23.5 Å². The van der Waals surface area contributed by atoms with Gasteiger partial charge in [0.2, 0.25) is 0 Å². The molecule has 1 amide bonds. The molecule has 8 heteroatoms. The number of piperidine rings is 3. The van der Waals surface area contributed by atoms with Crippen molar-refractivity contribution in [2.45, 2.75) is 31.9 Å². The van der Waals surface area contributed by atoms with Gasteiger partial charge in [0.1, 0.15) is 18.1 Å². The number of hydrogen-bond acceptors (Lipinski definition) is 3. The highest BCUT2D eigenvalue weighted by atomic mass is 19.2. The van der Waals surface area contributed by atoms with Crippen LogP contribution < -0.4 is 9.64 Å². The van der Waals surface area contributed by atoms with Gasteiger partial charge < -0.3 is 14.0 Å². The number of halogens is 3. The third kappa shape index (κ3) is 5.80. The zero-order valence-electron chi connectivity index (χ0n) is 21.4. The summed E-state index contributed by atoms with van der Waals surface area (Å²) >= 11 is 0. The van der Waals surface area contributed by atoms with E-state index in [0.717, 1.165) is 67.8 Å². The van der Waals surface area contributed by atoms with Crippen LogP contribution in [0.4, 0.5) is 23.7 Å². The van der Waals surface area contributed by atoms with Gasteiger partial charge in [0, 0.05) is 25.2 Å². The van der Waals surface area contributed by atoms with Gasteiger partial charge in [-0.05, 0) is 53.6 Å². The van der Waals surface area contributed by atoms with Crippen molar-refractivity contribution in [3.63, 3.8) is 0 Å². The second-order valence-electron chi connectivity index (χ2n) is 10.4. The van der Waals surface area contributed by atoms with Crippen LogP contribution in [-0.2, 0) is 17.7 Å². The maximum absolute atomic E-state index is 14.0. The molecule has 3 aliphatic heterocycles. The monoisotopic (exact) mass is 525 g/mol. The molecule has 3 fully saturated rings. The van der Waals surface area contributed by atoms with Crippen LogP contribution in [0.15, 0.2) is 66.7 Å². The molecule has 3 aromatic carbocycles. The van der Waals surface area contributed by atoms with Crippen molar-refractivity contribution in [3.05, 3.63) is 95.3 Å². The van der Waals surface area contributed by atoms with Crippen LogP contribution in [0, 0.1) is 23.4 Å². The first-order valence-corrected chi connectivity index (χ1v) is 13.0. The lowest BCUT2D eigenvalue weighted by Crippen LogP contribution is -2.65. The van der Waals surface area contributed by atoms with E-state index in [0.29, 0.717) is 11.3 Å². The predicted molar refractivity (Wildman–Crippen MR) is 138 cm³/mol. The minimum absolute atomic E-state index is 0.0751. The fourth-order valence-corrected chi connectivity index (χ4v) is 5.75. The van der Waals surface area contributed by atoms with Gasteiger partial charge in [-0.1, -0.05) is 24.3 Å². The number of carbonyl (C=O) groups is 1. The van der Waals surface area contributed by atoms with E-state index in [-0.39, 0.29) is 18.6 Å². The Morgan fingerprint density at radius 3 is 2.37 bits per heavy atom. The van der Waals surface area contributed by atoms with Gasteiger partial charge in [0.05, 0.1) is 39.0 Å². The number of nitrogens with zero attached hydrogens (tertiary/aromatic N) is 2. The minimum atomic E-state index is -1.00. The molecule has 0 saturated carbocycles. The normalized spacial score (nSPS) is 22.2. The number of methoxy groups -OCH3 is 1. The van der Waals surface area contributed by atoms with Crippen LogP contribution in [0.5, 0.6) is 5.75 Å². The van der Waals surface area contributed by atoms with E-state index in [1.54, 1.807) is 13.2 Å².